The highest BCUT2D eigenvalue weighted by Gasteiger charge is 2.10. The molecular weight excluding hydrogens is 331 g/mol. The van der Waals surface area contributed by atoms with Gasteiger partial charge in [-0.25, -0.2) is 0 Å². The first kappa shape index (κ1) is 16.0. The summed E-state index contributed by atoms with van der Waals surface area (Å²) in [7, 11) is 0. The van der Waals surface area contributed by atoms with E-state index in [1.165, 1.54) is 0 Å². The van der Waals surface area contributed by atoms with Crippen molar-refractivity contribution in [2.75, 3.05) is 17.2 Å². The van der Waals surface area contributed by atoms with Crippen molar-refractivity contribution in [2.24, 2.45) is 0 Å². The van der Waals surface area contributed by atoms with Gasteiger partial charge in [0, 0.05) is 10.7 Å². The molecule has 2 aromatic rings. The number of rotatable bonds is 4. The molecule has 0 spiro atoms. The van der Waals surface area contributed by atoms with Crippen molar-refractivity contribution < 1.29 is 4.79 Å². The first-order chi connectivity index (χ1) is 9.99. The van der Waals surface area contributed by atoms with Gasteiger partial charge < -0.3 is 10.6 Å². The van der Waals surface area contributed by atoms with Gasteiger partial charge in [0.2, 0.25) is 5.91 Å². The SMILES string of the molecule is Cc1c(Cl)cccc1NCC(=O)Nc1c(Cl)cccc1Cl. The zero-order valence-electron chi connectivity index (χ0n) is 11.2. The zero-order valence-corrected chi connectivity index (χ0v) is 13.5. The molecule has 3 nitrogen and oxygen atoms in total. The van der Waals surface area contributed by atoms with Gasteiger partial charge in [-0.05, 0) is 36.8 Å². The summed E-state index contributed by atoms with van der Waals surface area (Å²) in [4.78, 5) is 12.0. The molecule has 6 heteroatoms. The van der Waals surface area contributed by atoms with E-state index < -0.39 is 0 Å². The Morgan fingerprint density at radius 1 is 1.00 bits per heavy atom. The second-order valence-electron chi connectivity index (χ2n) is 4.41. The van der Waals surface area contributed by atoms with Crippen molar-refractivity contribution in [3.63, 3.8) is 0 Å². The molecule has 0 fully saturated rings. The standard InChI is InChI=1S/C15H13Cl3N2O/c1-9-10(16)4-3-7-13(9)19-8-14(21)20-15-11(17)5-2-6-12(15)18/h2-7,19H,8H2,1H3,(H,20,21). The van der Waals surface area contributed by atoms with Gasteiger partial charge in [0.1, 0.15) is 0 Å². The molecule has 0 saturated heterocycles. The average molecular weight is 344 g/mol. The number of carbonyl (C=O) groups is 1. The third kappa shape index (κ3) is 4.03. The van der Waals surface area contributed by atoms with E-state index in [9.17, 15) is 4.79 Å². The lowest BCUT2D eigenvalue weighted by atomic mass is 10.2. The minimum atomic E-state index is -0.246. The van der Waals surface area contributed by atoms with E-state index in [1.54, 1.807) is 24.3 Å². The first-order valence-electron chi connectivity index (χ1n) is 6.22. The number of benzene rings is 2. The number of anilines is 2. The summed E-state index contributed by atoms with van der Waals surface area (Å²) < 4.78 is 0. The van der Waals surface area contributed by atoms with Gasteiger partial charge in [-0.2, -0.15) is 0 Å². The van der Waals surface area contributed by atoms with Crippen LogP contribution in [0.15, 0.2) is 36.4 Å². The molecule has 0 radical (unpaired) electrons. The fourth-order valence-corrected chi connectivity index (χ4v) is 2.44. The lowest BCUT2D eigenvalue weighted by Gasteiger charge is -2.12. The molecule has 2 aromatic carbocycles. The topological polar surface area (TPSA) is 41.1 Å². The van der Waals surface area contributed by atoms with Crippen molar-refractivity contribution in [1.82, 2.24) is 0 Å². The van der Waals surface area contributed by atoms with Crippen LogP contribution in [-0.2, 0) is 4.79 Å². The molecule has 110 valence electrons. The molecule has 0 unspecified atom stereocenters. The van der Waals surface area contributed by atoms with E-state index in [0.717, 1.165) is 11.3 Å². The first-order valence-corrected chi connectivity index (χ1v) is 7.35. The lowest BCUT2D eigenvalue weighted by Crippen LogP contribution is -2.22. The summed E-state index contributed by atoms with van der Waals surface area (Å²) in [5, 5.41) is 7.16. The highest BCUT2D eigenvalue weighted by molar-refractivity contribution is 6.39. The molecule has 0 aliphatic heterocycles. The number of carbonyl (C=O) groups excluding carboxylic acids is 1. The third-order valence-electron chi connectivity index (χ3n) is 2.93. The number of nitrogens with one attached hydrogen (secondary N) is 2. The van der Waals surface area contributed by atoms with E-state index in [4.69, 9.17) is 34.8 Å². The zero-order chi connectivity index (χ0) is 15.4. The van der Waals surface area contributed by atoms with Crippen LogP contribution in [-0.4, -0.2) is 12.5 Å². The van der Waals surface area contributed by atoms with Crippen molar-refractivity contribution in [3.05, 3.63) is 57.0 Å². The Morgan fingerprint density at radius 2 is 1.57 bits per heavy atom. The Balaban J connectivity index is 2.01. The van der Waals surface area contributed by atoms with Crippen molar-refractivity contribution in [2.45, 2.75) is 6.92 Å². The Kier molecular flexibility index (Phi) is 5.34. The number of para-hydroxylation sites is 1. The second kappa shape index (κ2) is 7.03. The Hall–Kier alpha value is -1.42. The monoisotopic (exact) mass is 342 g/mol. The summed E-state index contributed by atoms with van der Waals surface area (Å²) in [5.41, 5.74) is 2.11. The largest absolute Gasteiger partial charge is 0.376 e. The van der Waals surface area contributed by atoms with Crippen LogP contribution in [0.5, 0.6) is 0 Å². The summed E-state index contributed by atoms with van der Waals surface area (Å²) >= 11 is 18.0. The molecular formula is C15H13Cl3N2O. The molecule has 2 N–H and O–H groups in total. The van der Waals surface area contributed by atoms with E-state index in [0.29, 0.717) is 20.8 Å². The average Bonchev–Trinajstić information content (AvgIpc) is 2.45. The summed E-state index contributed by atoms with van der Waals surface area (Å²) in [5.74, 6) is -0.246. The molecule has 0 aliphatic carbocycles. The predicted molar refractivity (Wildman–Crippen MR) is 89.8 cm³/mol. The van der Waals surface area contributed by atoms with Crippen LogP contribution in [0.2, 0.25) is 15.1 Å². The fraction of sp³-hybridized carbons (Fsp3) is 0.133. The Bertz CT molecular complexity index is 654. The maximum Gasteiger partial charge on any atom is 0.243 e. The van der Waals surface area contributed by atoms with Gasteiger partial charge >= 0.3 is 0 Å². The minimum Gasteiger partial charge on any atom is -0.376 e. The van der Waals surface area contributed by atoms with Gasteiger partial charge in [0.15, 0.2) is 0 Å². The lowest BCUT2D eigenvalue weighted by molar-refractivity contribution is -0.114. The van der Waals surface area contributed by atoms with E-state index in [-0.39, 0.29) is 12.5 Å². The Labute approximate surface area is 138 Å². The van der Waals surface area contributed by atoms with Crippen molar-refractivity contribution in [3.8, 4) is 0 Å². The van der Waals surface area contributed by atoms with Crippen molar-refractivity contribution >= 4 is 52.1 Å². The van der Waals surface area contributed by atoms with E-state index in [2.05, 4.69) is 10.6 Å². The van der Waals surface area contributed by atoms with Crippen LogP contribution in [0.1, 0.15) is 5.56 Å². The van der Waals surface area contributed by atoms with Crippen molar-refractivity contribution in [1.29, 1.82) is 0 Å². The molecule has 21 heavy (non-hydrogen) atoms. The number of hydrogen-bond acceptors (Lipinski definition) is 2. The Morgan fingerprint density at radius 3 is 2.24 bits per heavy atom. The van der Waals surface area contributed by atoms with E-state index in [1.807, 2.05) is 19.1 Å². The summed E-state index contributed by atoms with van der Waals surface area (Å²) in [6.07, 6.45) is 0. The second-order valence-corrected chi connectivity index (χ2v) is 5.63. The van der Waals surface area contributed by atoms with E-state index >= 15 is 0 Å². The number of halogens is 3. The molecule has 0 bridgehead atoms. The minimum absolute atomic E-state index is 0.0860. The fourth-order valence-electron chi connectivity index (χ4n) is 1.78. The molecule has 0 aliphatic rings. The highest BCUT2D eigenvalue weighted by Crippen LogP contribution is 2.29. The smallest absolute Gasteiger partial charge is 0.243 e. The molecule has 1 amide bonds. The van der Waals surface area contributed by atoms with Crippen LogP contribution in [0.4, 0.5) is 11.4 Å². The molecule has 0 heterocycles. The van der Waals surface area contributed by atoms with Crippen LogP contribution in [0.3, 0.4) is 0 Å². The molecule has 0 atom stereocenters. The molecule has 0 aromatic heterocycles. The normalized spacial score (nSPS) is 10.3. The third-order valence-corrected chi connectivity index (χ3v) is 3.97. The number of amides is 1. The summed E-state index contributed by atoms with van der Waals surface area (Å²) in [6.45, 7) is 1.97. The maximum absolute atomic E-state index is 12.0. The van der Waals surface area contributed by atoms with Crippen LogP contribution >= 0.6 is 34.8 Å². The van der Waals surface area contributed by atoms with Gasteiger partial charge in [0.05, 0.1) is 22.3 Å². The quantitative estimate of drug-likeness (QED) is 0.819. The maximum atomic E-state index is 12.0. The van der Waals surface area contributed by atoms with Gasteiger partial charge in [-0.3, -0.25) is 4.79 Å². The summed E-state index contributed by atoms with van der Waals surface area (Å²) in [6, 6.07) is 10.5. The van der Waals surface area contributed by atoms with Crippen LogP contribution in [0.25, 0.3) is 0 Å². The highest BCUT2D eigenvalue weighted by atomic mass is 35.5. The van der Waals surface area contributed by atoms with Crippen LogP contribution < -0.4 is 10.6 Å². The molecule has 2 rings (SSSR count). The van der Waals surface area contributed by atoms with Crippen LogP contribution in [0, 0.1) is 6.92 Å². The number of hydrogen-bond donors (Lipinski definition) is 2. The van der Waals surface area contributed by atoms with Gasteiger partial charge in [-0.1, -0.05) is 46.9 Å². The van der Waals surface area contributed by atoms with Gasteiger partial charge in [-0.15, -0.1) is 0 Å². The molecule has 0 saturated carbocycles. The predicted octanol–water partition coefficient (Wildman–Crippen LogP) is 5.01. The van der Waals surface area contributed by atoms with Gasteiger partial charge in [0.25, 0.3) is 0 Å².